The van der Waals surface area contributed by atoms with Crippen LogP contribution in [0.4, 0.5) is 14.9 Å². The molecule has 1 saturated heterocycles. The number of hydrogen-bond acceptors (Lipinski definition) is 7. The van der Waals surface area contributed by atoms with E-state index in [-0.39, 0.29) is 36.3 Å². The van der Waals surface area contributed by atoms with E-state index in [4.69, 9.17) is 14.2 Å². The third-order valence-electron chi connectivity index (χ3n) is 6.51. The third kappa shape index (κ3) is 4.96. The zero-order chi connectivity index (χ0) is 28.4. The van der Waals surface area contributed by atoms with E-state index in [9.17, 15) is 23.6 Å². The number of fused-ring (bicyclic) bond motifs is 1. The Morgan fingerprint density at radius 1 is 1.10 bits per heavy atom. The van der Waals surface area contributed by atoms with Gasteiger partial charge >= 0.3 is 6.03 Å². The van der Waals surface area contributed by atoms with Gasteiger partial charge in [-0.1, -0.05) is 18.2 Å². The van der Waals surface area contributed by atoms with Gasteiger partial charge in [0.2, 0.25) is 12.5 Å². The largest absolute Gasteiger partial charge is 0.492 e. The average Bonchev–Trinajstić information content (AvgIpc) is 3.43. The molecular weight excluding hydrogens is 521 g/mol. The van der Waals surface area contributed by atoms with Crippen LogP contribution in [0.3, 0.4) is 0 Å². The Morgan fingerprint density at radius 3 is 2.52 bits per heavy atom. The Morgan fingerprint density at radius 2 is 1.82 bits per heavy atom. The summed E-state index contributed by atoms with van der Waals surface area (Å²) in [6.07, 6.45) is 1.62. The van der Waals surface area contributed by atoms with E-state index in [0.29, 0.717) is 34.6 Å². The molecule has 1 fully saturated rings. The second-order valence-corrected chi connectivity index (χ2v) is 8.99. The van der Waals surface area contributed by atoms with Gasteiger partial charge in [-0.25, -0.2) is 14.1 Å². The lowest BCUT2D eigenvalue weighted by Gasteiger charge is -2.26. The molecule has 5 amide bonds. The van der Waals surface area contributed by atoms with E-state index in [1.165, 1.54) is 25.3 Å². The first-order chi connectivity index (χ1) is 19.3. The van der Waals surface area contributed by atoms with Crippen LogP contribution in [0.15, 0.2) is 66.2 Å². The third-order valence-corrected chi connectivity index (χ3v) is 6.51. The normalized spacial score (nSPS) is 15.3. The number of carbonyl (C=O) groups is 4. The molecule has 3 aromatic carbocycles. The zero-order valence-corrected chi connectivity index (χ0v) is 21.6. The predicted molar refractivity (Wildman–Crippen MR) is 142 cm³/mol. The molecule has 0 aliphatic carbocycles. The van der Waals surface area contributed by atoms with Gasteiger partial charge in [0.15, 0.2) is 11.5 Å². The molecule has 3 aromatic rings. The molecule has 0 atom stereocenters. The van der Waals surface area contributed by atoms with Crippen molar-refractivity contribution in [3.8, 4) is 17.2 Å². The summed E-state index contributed by atoms with van der Waals surface area (Å²) in [5.41, 5.74) is 1.22. The first-order valence-corrected chi connectivity index (χ1v) is 12.3. The molecule has 2 aliphatic rings. The summed E-state index contributed by atoms with van der Waals surface area (Å²) in [5, 5.41) is 2.15. The van der Waals surface area contributed by atoms with Crippen LogP contribution in [0, 0.1) is 5.82 Å². The smallest absolute Gasteiger partial charge is 0.335 e. The molecule has 10 nitrogen and oxygen atoms in total. The van der Waals surface area contributed by atoms with Crippen molar-refractivity contribution in [3.05, 3.63) is 88.7 Å². The topological polar surface area (TPSA) is 114 Å². The van der Waals surface area contributed by atoms with E-state index in [2.05, 4.69) is 5.32 Å². The van der Waals surface area contributed by atoms with Crippen LogP contribution in [-0.2, 0) is 16.0 Å². The zero-order valence-electron chi connectivity index (χ0n) is 21.6. The number of hydrogen-bond donors (Lipinski definition) is 1. The number of urea groups is 1. The van der Waals surface area contributed by atoms with Crippen LogP contribution in [0.5, 0.6) is 17.2 Å². The van der Waals surface area contributed by atoms with E-state index >= 15 is 0 Å². The fraction of sp³-hybridized carbons (Fsp3) is 0.172. The number of rotatable bonds is 7. The lowest BCUT2D eigenvalue weighted by atomic mass is 9.97. The maximum atomic E-state index is 13.5. The van der Waals surface area contributed by atoms with Gasteiger partial charge in [-0.3, -0.25) is 19.7 Å². The number of carbonyl (C=O) groups excluding carboxylic acids is 4. The number of halogens is 1. The molecule has 0 unspecified atom stereocenters. The van der Waals surface area contributed by atoms with Crippen molar-refractivity contribution in [1.29, 1.82) is 0 Å². The number of nitrogens with one attached hydrogen (secondary N) is 1. The minimum Gasteiger partial charge on any atom is -0.492 e. The van der Waals surface area contributed by atoms with Gasteiger partial charge in [0, 0.05) is 24.7 Å². The monoisotopic (exact) mass is 545 g/mol. The van der Waals surface area contributed by atoms with Crippen molar-refractivity contribution in [1.82, 2.24) is 10.2 Å². The lowest BCUT2D eigenvalue weighted by molar-refractivity contribution is -0.122. The molecule has 2 heterocycles. The second kappa shape index (κ2) is 10.9. The number of methoxy groups -OCH3 is 1. The predicted octanol–water partition coefficient (Wildman–Crippen LogP) is 3.54. The SMILES string of the molecule is COc1c(/C=C2/C(=O)NC(=O)N(c3ccc(F)cc3)C2=O)c(CCN(C)C(=O)c2ccccc2)cc2c1OCO2. The number of nitrogens with zero attached hydrogens (tertiary/aromatic N) is 2. The van der Waals surface area contributed by atoms with Crippen LogP contribution < -0.4 is 24.4 Å². The van der Waals surface area contributed by atoms with Crippen molar-refractivity contribution in [3.63, 3.8) is 0 Å². The first kappa shape index (κ1) is 26.4. The van der Waals surface area contributed by atoms with E-state index in [0.717, 1.165) is 17.0 Å². The standard InChI is InChI=1S/C29H24FN3O7/c1-32(27(35)17-6-4-3-5-7-17)13-12-18-14-23-25(40-16-39-23)24(38-2)21(18)15-22-26(34)31-29(37)33(28(22)36)20-10-8-19(30)9-11-20/h3-11,14-15H,12-13,16H2,1-2H3,(H,31,34,37)/b22-15-. The molecule has 0 spiro atoms. The van der Waals surface area contributed by atoms with Crippen molar-refractivity contribution in [2.24, 2.45) is 0 Å². The molecular formula is C29H24FN3O7. The van der Waals surface area contributed by atoms with Gasteiger partial charge in [-0.05, 0) is 60.5 Å². The van der Waals surface area contributed by atoms with Crippen molar-refractivity contribution < 1.29 is 37.8 Å². The van der Waals surface area contributed by atoms with Crippen molar-refractivity contribution in [2.75, 3.05) is 32.4 Å². The fourth-order valence-electron chi connectivity index (χ4n) is 4.46. The molecule has 2 aliphatic heterocycles. The second-order valence-electron chi connectivity index (χ2n) is 8.99. The molecule has 0 radical (unpaired) electrons. The fourth-order valence-corrected chi connectivity index (χ4v) is 4.46. The Bertz CT molecular complexity index is 1540. The molecule has 0 aromatic heterocycles. The molecule has 1 N–H and O–H groups in total. The molecule has 11 heteroatoms. The Balaban J connectivity index is 1.52. The minimum atomic E-state index is -0.960. The highest BCUT2D eigenvalue weighted by atomic mass is 19.1. The number of anilines is 1. The summed E-state index contributed by atoms with van der Waals surface area (Å²) >= 11 is 0. The van der Waals surface area contributed by atoms with Crippen LogP contribution in [0.2, 0.25) is 0 Å². The molecule has 0 bridgehead atoms. The average molecular weight is 546 g/mol. The quantitative estimate of drug-likeness (QED) is 0.357. The summed E-state index contributed by atoms with van der Waals surface area (Å²) in [5.74, 6) is -1.61. The number of benzene rings is 3. The van der Waals surface area contributed by atoms with E-state index in [1.807, 2.05) is 6.07 Å². The van der Waals surface area contributed by atoms with E-state index in [1.54, 1.807) is 42.3 Å². The number of imide groups is 2. The summed E-state index contributed by atoms with van der Waals surface area (Å²) in [7, 11) is 3.08. The number of likely N-dealkylation sites (N-methyl/N-ethyl adjacent to an activating group) is 1. The van der Waals surface area contributed by atoms with Crippen LogP contribution in [0.25, 0.3) is 6.08 Å². The summed E-state index contributed by atoms with van der Waals surface area (Å²) in [4.78, 5) is 54.0. The van der Waals surface area contributed by atoms with Gasteiger partial charge in [-0.2, -0.15) is 0 Å². The van der Waals surface area contributed by atoms with Crippen molar-refractivity contribution >= 4 is 35.5 Å². The van der Waals surface area contributed by atoms with Crippen LogP contribution >= 0.6 is 0 Å². The number of barbiturate groups is 1. The maximum Gasteiger partial charge on any atom is 0.335 e. The number of ether oxygens (including phenoxy) is 3. The summed E-state index contributed by atoms with van der Waals surface area (Å²) in [6, 6.07) is 14.3. The Hall–Kier alpha value is -5.19. The van der Waals surface area contributed by atoms with Crippen molar-refractivity contribution in [2.45, 2.75) is 6.42 Å². The Kier molecular flexibility index (Phi) is 7.19. The highest BCUT2D eigenvalue weighted by Gasteiger charge is 2.37. The molecule has 204 valence electrons. The molecule has 5 rings (SSSR count). The highest BCUT2D eigenvalue weighted by molar-refractivity contribution is 6.39. The van der Waals surface area contributed by atoms with Gasteiger partial charge in [0.1, 0.15) is 11.4 Å². The first-order valence-electron chi connectivity index (χ1n) is 12.3. The lowest BCUT2D eigenvalue weighted by Crippen LogP contribution is -2.54. The molecule has 40 heavy (non-hydrogen) atoms. The summed E-state index contributed by atoms with van der Waals surface area (Å²) in [6.45, 7) is 0.233. The molecule has 0 saturated carbocycles. The Labute approximate surface area is 228 Å². The van der Waals surface area contributed by atoms with Crippen LogP contribution in [-0.4, -0.2) is 56.1 Å². The van der Waals surface area contributed by atoms with Gasteiger partial charge < -0.3 is 19.1 Å². The van der Waals surface area contributed by atoms with Gasteiger partial charge in [0.05, 0.1) is 12.8 Å². The van der Waals surface area contributed by atoms with E-state index < -0.39 is 23.7 Å². The van der Waals surface area contributed by atoms with Gasteiger partial charge in [-0.15, -0.1) is 0 Å². The minimum absolute atomic E-state index is 0.0518. The number of amides is 5. The van der Waals surface area contributed by atoms with Crippen LogP contribution in [0.1, 0.15) is 21.5 Å². The highest BCUT2D eigenvalue weighted by Crippen LogP contribution is 2.46. The summed E-state index contributed by atoms with van der Waals surface area (Å²) < 4.78 is 30.2. The maximum absolute atomic E-state index is 13.5. The van der Waals surface area contributed by atoms with Gasteiger partial charge in [0.25, 0.3) is 17.7 Å².